The smallest absolute Gasteiger partial charge is 0.261 e. The third-order valence-electron chi connectivity index (χ3n) is 3.02. The molecular formula is C14H16FNO2S. The van der Waals surface area contributed by atoms with Crippen LogP contribution in [-0.2, 0) is 0 Å². The molecule has 1 amide bonds. The second-order valence-corrected chi connectivity index (χ2v) is 5.88. The van der Waals surface area contributed by atoms with E-state index in [2.05, 4.69) is 5.32 Å². The molecule has 1 heterocycles. The summed E-state index contributed by atoms with van der Waals surface area (Å²) in [7, 11) is 0. The van der Waals surface area contributed by atoms with Gasteiger partial charge < -0.3 is 10.4 Å². The van der Waals surface area contributed by atoms with E-state index in [-0.39, 0.29) is 30.3 Å². The van der Waals surface area contributed by atoms with Crippen LogP contribution in [0.2, 0.25) is 0 Å². The van der Waals surface area contributed by atoms with Crippen LogP contribution in [0.3, 0.4) is 0 Å². The number of hydrogen-bond acceptors (Lipinski definition) is 3. The molecule has 19 heavy (non-hydrogen) atoms. The number of nitrogens with one attached hydrogen (secondary N) is 1. The summed E-state index contributed by atoms with van der Waals surface area (Å²) >= 11 is 1.25. The minimum Gasteiger partial charge on any atom is -0.394 e. The van der Waals surface area contributed by atoms with E-state index in [1.807, 2.05) is 13.8 Å². The van der Waals surface area contributed by atoms with Crippen molar-refractivity contribution < 1.29 is 14.3 Å². The molecule has 0 aliphatic carbocycles. The number of benzene rings is 1. The number of carbonyl (C=O) groups is 1. The Bertz CT molecular complexity index is 594. The number of aliphatic hydroxyl groups is 1. The number of thiophene rings is 1. The molecule has 3 nitrogen and oxygen atoms in total. The first kappa shape index (κ1) is 14.0. The summed E-state index contributed by atoms with van der Waals surface area (Å²) < 4.78 is 13.8. The zero-order valence-corrected chi connectivity index (χ0v) is 11.6. The molecule has 0 aliphatic heterocycles. The summed E-state index contributed by atoms with van der Waals surface area (Å²) in [5.74, 6) is -0.383. The highest BCUT2D eigenvalue weighted by atomic mass is 32.1. The lowest BCUT2D eigenvalue weighted by Gasteiger charge is -2.19. The molecule has 1 aromatic carbocycles. The molecule has 1 atom stereocenters. The Kier molecular flexibility index (Phi) is 4.17. The molecular weight excluding hydrogens is 265 g/mol. The number of carbonyl (C=O) groups excluding carboxylic acids is 1. The molecule has 1 aromatic heterocycles. The van der Waals surface area contributed by atoms with Crippen LogP contribution in [0.4, 0.5) is 4.39 Å². The van der Waals surface area contributed by atoms with Crippen molar-refractivity contribution in [1.82, 2.24) is 5.32 Å². The highest BCUT2D eigenvalue weighted by Gasteiger charge is 2.17. The monoisotopic (exact) mass is 281 g/mol. The predicted octanol–water partition coefficient (Wildman–Crippen LogP) is 2.79. The largest absolute Gasteiger partial charge is 0.394 e. The second-order valence-electron chi connectivity index (χ2n) is 4.80. The van der Waals surface area contributed by atoms with Crippen LogP contribution in [0.1, 0.15) is 23.5 Å². The topological polar surface area (TPSA) is 49.3 Å². The second kappa shape index (κ2) is 5.67. The molecule has 5 heteroatoms. The number of rotatable bonds is 4. The lowest BCUT2D eigenvalue weighted by atomic mass is 10.1. The molecule has 0 saturated carbocycles. The van der Waals surface area contributed by atoms with E-state index in [9.17, 15) is 14.3 Å². The zero-order valence-electron chi connectivity index (χ0n) is 10.8. The van der Waals surface area contributed by atoms with Gasteiger partial charge >= 0.3 is 0 Å². The lowest BCUT2D eigenvalue weighted by molar-refractivity contribution is 0.0901. The minimum atomic E-state index is -0.309. The van der Waals surface area contributed by atoms with Gasteiger partial charge in [-0.1, -0.05) is 19.9 Å². The first-order valence-electron chi connectivity index (χ1n) is 6.12. The van der Waals surface area contributed by atoms with Crippen molar-refractivity contribution in [2.75, 3.05) is 6.61 Å². The molecule has 0 bridgehead atoms. The Balaban J connectivity index is 2.21. The first-order chi connectivity index (χ1) is 9.01. The van der Waals surface area contributed by atoms with Gasteiger partial charge in [-0.2, -0.15) is 0 Å². The van der Waals surface area contributed by atoms with Crippen molar-refractivity contribution >= 4 is 27.3 Å². The Hall–Kier alpha value is -1.46. The van der Waals surface area contributed by atoms with Crippen molar-refractivity contribution in [1.29, 1.82) is 0 Å². The van der Waals surface area contributed by atoms with Gasteiger partial charge in [0.25, 0.3) is 5.91 Å². The average molecular weight is 281 g/mol. The minimum absolute atomic E-state index is 0.0943. The van der Waals surface area contributed by atoms with Crippen molar-refractivity contribution in [3.05, 3.63) is 35.0 Å². The summed E-state index contributed by atoms with van der Waals surface area (Å²) in [6.45, 7) is 3.77. The van der Waals surface area contributed by atoms with Crippen LogP contribution in [0.25, 0.3) is 10.1 Å². The number of amides is 1. The van der Waals surface area contributed by atoms with E-state index in [1.54, 1.807) is 12.1 Å². The standard InChI is InChI=1S/C14H16FNO2S/c1-8(2)11(7-17)16-14(18)13-5-9-3-4-10(15)6-12(9)19-13/h3-6,8,11,17H,7H2,1-2H3,(H,16,18)/t11-/m1/s1. The summed E-state index contributed by atoms with van der Waals surface area (Å²) in [6.07, 6.45) is 0. The predicted molar refractivity (Wildman–Crippen MR) is 75.0 cm³/mol. The van der Waals surface area contributed by atoms with Gasteiger partial charge in [-0.3, -0.25) is 4.79 Å². The zero-order chi connectivity index (χ0) is 14.0. The Morgan fingerprint density at radius 3 is 2.79 bits per heavy atom. The molecule has 102 valence electrons. The van der Waals surface area contributed by atoms with E-state index in [1.165, 1.54) is 23.5 Å². The average Bonchev–Trinajstić information content (AvgIpc) is 2.78. The maximum Gasteiger partial charge on any atom is 0.261 e. The normalized spacial score (nSPS) is 12.9. The van der Waals surface area contributed by atoms with E-state index in [4.69, 9.17) is 0 Å². The third-order valence-corrected chi connectivity index (χ3v) is 4.12. The summed E-state index contributed by atoms with van der Waals surface area (Å²) in [4.78, 5) is 12.6. The van der Waals surface area contributed by atoms with Gasteiger partial charge in [0.2, 0.25) is 0 Å². The van der Waals surface area contributed by atoms with Gasteiger partial charge in [0.15, 0.2) is 0 Å². The van der Waals surface area contributed by atoms with Crippen LogP contribution < -0.4 is 5.32 Å². The molecule has 2 rings (SSSR count). The van der Waals surface area contributed by atoms with Crippen LogP contribution in [-0.4, -0.2) is 23.7 Å². The molecule has 0 unspecified atom stereocenters. The third kappa shape index (κ3) is 3.11. The van der Waals surface area contributed by atoms with Crippen molar-refractivity contribution in [2.45, 2.75) is 19.9 Å². The molecule has 0 saturated heterocycles. The van der Waals surface area contributed by atoms with Crippen LogP contribution >= 0.6 is 11.3 Å². The summed E-state index contributed by atoms with van der Waals surface area (Å²) in [5, 5.41) is 12.8. The van der Waals surface area contributed by atoms with Gasteiger partial charge in [0, 0.05) is 4.70 Å². The molecule has 0 aliphatic rings. The molecule has 0 spiro atoms. The van der Waals surface area contributed by atoms with E-state index in [0.29, 0.717) is 4.88 Å². The number of halogens is 1. The molecule has 2 N–H and O–H groups in total. The summed E-state index contributed by atoms with van der Waals surface area (Å²) in [6, 6.07) is 5.92. The maximum atomic E-state index is 13.1. The van der Waals surface area contributed by atoms with Crippen molar-refractivity contribution in [2.24, 2.45) is 5.92 Å². The van der Waals surface area contributed by atoms with Crippen molar-refractivity contribution in [3.63, 3.8) is 0 Å². The first-order valence-corrected chi connectivity index (χ1v) is 6.93. The van der Waals surface area contributed by atoms with Crippen LogP contribution in [0, 0.1) is 11.7 Å². The fraction of sp³-hybridized carbons (Fsp3) is 0.357. The van der Waals surface area contributed by atoms with Gasteiger partial charge in [-0.25, -0.2) is 4.39 Å². The Morgan fingerprint density at radius 2 is 2.16 bits per heavy atom. The Labute approximate surface area is 115 Å². The fourth-order valence-electron chi connectivity index (χ4n) is 1.78. The molecule has 2 aromatic rings. The van der Waals surface area contributed by atoms with E-state index in [0.717, 1.165) is 10.1 Å². The Morgan fingerprint density at radius 1 is 1.42 bits per heavy atom. The number of fused-ring (bicyclic) bond motifs is 1. The molecule has 0 radical (unpaired) electrons. The fourth-order valence-corrected chi connectivity index (χ4v) is 2.77. The SMILES string of the molecule is CC(C)[C@@H](CO)NC(=O)c1cc2ccc(F)cc2s1. The van der Waals surface area contributed by atoms with Crippen LogP contribution in [0.15, 0.2) is 24.3 Å². The van der Waals surface area contributed by atoms with E-state index < -0.39 is 0 Å². The van der Waals surface area contributed by atoms with Crippen molar-refractivity contribution in [3.8, 4) is 0 Å². The maximum absolute atomic E-state index is 13.1. The highest BCUT2D eigenvalue weighted by Crippen LogP contribution is 2.26. The quantitative estimate of drug-likeness (QED) is 0.905. The van der Waals surface area contributed by atoms with E-state index >= 15 is 0 Å². The summed E-state index contributed by atoms with van der Waals surface area (Å²) in [5.41, 5.74) is 0. The highest BCUT2D eigenvalue weighted by molar-refractivity contribution is 7.20. The van der Waals surface area contributed by atoms with Gasteiger partial charge in [0.05, 0.1) is 17.5 Å². The number of hydrogen-bond donors (Lipinski definition) is 2. The lowest BCUT2D eigenvalue weighted by Crippen LogP contribution is -2.40. The van der Waals surface area contributed by atoms with Gasteiger partial charge in [-0.15, -0.1) is 11.3 Å². The molecule has 0 fully saturated rings. The van der Waals surface area contributed by atoms with Gasteiger partial charge in [0.1, 0.15) is 5.82 Å². The van der Waals surface area contributed by atoms with Gasteiger partial charge in [-0.05, 0) is 29.5 Å². The number of aliphatic hydroxyl groups excluding tert-OH is 1. The van der Waals surface area contributed by atoms with Crippen LogP contribution in [0.5, 0.6) is 0 Å².